The molecule has 1 aromatic rings. The summed E-state index contributed by atoms with van der Waals surface area (Å²) in [5.74, 6) is 1.47. The molecule has 1 heterocycles. The highest BCUT2D eigenvalue weighted by atomic mass is 16.6. The molecule has 1 atom stereocenters. The van der Waals surface area contributed by atoms with E-state index in [0.717, 1.165) is 12.3 Å². The average Bonchev–Trinajstić information content (AvgIpc) is 3.13. The van der Waals surface area contributed by atoms with E-state index < -0.39 is 4.92 Å². The molecular weight excluding hydrogens is 246 g/mol. The smallest absolute Gasteiger partial charge is 0.329 e. The van der Waals surface area contributed by atoms with Crippen molar-refractivity contribution in [3.63, 3.8) is 0 Å². The fourth-order valence-electron chi connectivity index (χ4n) is 2.00. The predicted octanol–water partition coefficient (Wildman–Crippen LogP) is 2.42. The van der Waals surface area contributed by atoms with Gasteiger partial charge in [0.05, 0.1) is 4.92 Å². The van der Waals surface area contributed by atoms with Crippen LogP contribution in [0.4, 0.5) is 17.5 Å². The third-order valence-electron chi connectivity index (χ3n) is 3.07. The molecule has 19 heavy (non-hydrogen) atoms. The number of nitro groups is 1. The van der Waals surface area contributed by atoms with E-state index in [1.54, 1.807) is 0 Å². The molecule has 1 saturated carbocycles. The van der Waals surface area contributed by atoms with Gasteiger partial charge in [0.25, 0.3) is 0 Å². The van der Waals surface area contributed by atoms with Crippen molar-refractivity contribution in [3.8, 4) is 0 Å². The Bertz CT molecular complexity index is 461. The van der Waals surface area contributed by atoms with E-state index in [2.05, 4.69) is 20.6 Å². The quantitative estimate of drug-likeness (QED) is 0.581. The van der Waals surface area contributed by atoms with E-state index in [1.165, 1.54) is 19.0 Å². The minimum Gasteiger partial charge on any atom is -0.362 e. The van der Waals surface area contributed by atoms with E-state index in [9.17, 15) is 10.1 Å². The molecule has 0 aliphatic heterocycles. The Hall–Kier alpha value is -1.92. The maximum Gasteiger partial charge on any atom is 0.329 e. The van der Waals surface area contributed by atoms with Gasteiger partial charge in [-0.2, -0.15) is 4.98 Å². The van der Waals surface area contributed by atoms with Crippen molar-refractivity contribution in [1.82, 2.24) is 9.97 Å². The molecule has 0 radical (unpaired) electrons. The molecule has 0 amide bonds. The SMILES string of the molecule is CCNc1ncc([N+](=O)[O-])c(NC(C)CC2CC2)n1. The molecule has 1 aliphatic carbocycles. The normalized spacial score (nSPS) is 15.9. The second kappa shape index (κ2) is 5.81. The summed E-state index contributed by atoms with van der Waals surface area (Å²) in [7, 11) is 0. The lowest BCUT2D eigenvalue weighted by atomic mass is 10.1. The third-order valence-corrected chi connectivity index (χ3v) is 3.07. The number of hydrogen-bond acceptors (Lipinski definition) is 6. The Labute approximate surface area is 112 Å². The van der Waals surface area contributed by atoms with E-state index in [0.29, 0.717) is 18.3 Å². The van der Waals surface area contributed by atoms with Crippen LogP contribution in [0, 0.1) is 16.0 Å². The lowest BCUT2D eigenvalue weighted by Crippen LogP contribution is -2.18. The van der Waals surface area contributed by atoms with Crippen molar-refractivity contribution in [3.05, 3.63) is 16.3 Å². The molecule has 0 saturated heterocycles. The van der Waals surface area contributed by atoms with E-state index in [4.69, 9.17) is 0 Å². The average molecular weight is 265 g/mol. The number of nitrogens with zero attached hydrogens (tertiary/aromatic N) is 3. The molecule has 2 N–H and O–H groups in total. The molecule has 1 aliphatic rings. The van der Waals surface area contributed by atoms with Crippen molar-refractivity contribution < 1.29 is 4.92 Å². The van der Waals surface area contributed by atoms with E-state index in [-0.39, 0.29) is 11.7 Å². The molecule has 1 aromatic heterocycles. The van der Waals surface area contributed by atoms with Gasteiger partial charge in [-0.3, -0.25) is 10.1 Å². The Morgan fingerprint density at radius 1 is 1.58 bits per heavy atom. The monoisotopic (exact) mass is 265 g/mol. The van der Waals surface area contributed by atoms with Crippen molar-refractivity contribution in [2.75, 3.05) is 17.2 Å². The standard InChI is InChI=1S/C12H19N5O2/c1-3-13-12-14-7-10(17(18)19)11(16-12)15-8(2)6-9-4-5-9/h7-9H,3-6H2,1-2H3,(H2,13,14,15,16). The fraction of sp³-hybridized carbons (Fsp3) is 0.667. The molecule has 0 aromatic carbocycles. The van der Waals surface area contributed by atoms with Gasteiger partial charge < -0.3 is 10.6 Å². The van der Waals surface area contributed by atoms with Gasteiger partial charge in [0.2, 0.25) is 11.8 Å². The minimum atomic E-state index is -0.456. The molecule has 104 valence electrons. The largest absolute Gasteiger partial charge is 0.362 e. The molecule has 7 heteroatoms. The molecule has 7 nitrogen and oxygen atoms in total. The lowest BCUT2D eigenvalue weighted by molar-refractivity contribution is -0.384. The first kappa shape index (κ1) is 13.5. The van der Waals surface area contributed by atoms with Crippen LogP contribution < -0.4 is 10.6 Å². The second-order valence-corrected chi connectivity index (χ2v) is 4.94. The maximum atomic E-state index is 11.0. The van der Waals surface area contributed by atoms with E-state index in [1.807, 2.05) is 13.8 Å². The number of rotatable bonds is 7. The summed E-state index contributed by atoms with van der Waals surface area (Å²) in [6.07, 6.45) is 4.80. The Morgan fingerprint density at radius 2 is 2.32 bits per heavy atom. The van der Waals surface area contributed by atoms with Gasteiger partial charge in [-0.05, 0) is 26.2 Å². The van der Waals surface area contributed by atoms with Crippen LogP contribution in [0.2, 0.25) is 0 Å². The maximum absolute atomic E-state index is 11.0. The van der Waals surface area contributed by atoms with Crippen LogP contribution >= 0.6 is 0 Å². The zero-order valence-corrected chi connectivity index (χ0v) is 11.2. The molecule has 0 bridgehead atoms. The first-order chi connectivity index (χ1) is 9.10. The van der Waals surface area contributed by atoms with Crippen LogP contribution in [0.25, 0.3) is 0 Å². The van der Waals surface area contributed by atoms with Gasteiger partial charge in [-0.25, -0.2) is 4.98 Å². The van der Waals surface area contributed by atoms with Crippen LogP contribution in [0.15, 0.2) is 6.20 Å². The summed E-state index contributed by atoms with van der Waals surface area (Å²) in [5, 5.41) is 17.1. The first-order valence-electron chi connectivity index (χ1n) is 6.62. The minimum absolute atomic E-state index is 0.0794. The zero-order chi connectivity index (χ0) is 13.8. The van der Waals surface area contributed by atoms with E-state index >= 15 is 0 Å². The van der Waals surface area contributed by atoms with Crippen molar-refractivity contribution in [1.29, 1.82) is 0 Å². The third kappa shape index (κ3) is 3.77. The van der Waals surface area contributed by atoms with Crippen LogP contribution in [0.1, 0.15) is 33.1 Å². The predicted molar refractivity (Wildman–Crippen MR) is 73.3 cm³/mol. The lowest BCUT2D eigenvalue weighted by Gasteiger charge is -2.14. The van der Waals surface area contributed by atoms with Gasteiger partial charge in [0.1, 0.15) is 6.20 Å². The Balaban J connectivity index is 2.13. The first-order valence-corrected chi connectivity index (χ1v) is 6.62. The summed E-state index contributed by atoms with van der Waals surface area (Å²) in [6.45, 7) is 4.62. The molecule has 1 fully saturated rings. The molecule has 2 rings (SSSR count). The van der Waals surface area contributed by atoms with Gasteiger partial charge in [0, 0.05) is 12.6 Å². The number of nitrogens with one attached hydrogen (secondary N) is 2. The topological polar surface area (TPSA) is 93.0 Å². The van der Waals surface area contributed by atoms with Gasteiger partial charge in [-0.15, -0.1) is 0 Å². The number of anilines is 2. The van der Waals surface area contributed by atoms with Crippen molar-refractivity contribution in [2.45, 2.75) is 39.2 Å². The summed E-state index contributed by atoms with van der Waals surface area (Å²) in [4.78, 5) is 18.6. The van der Waals surface area contributed by atoms with Crippen molar-refractivity contribution in [2.24, 2.45) is 5.92 Å². The van der Waals surface area contributed by atoms with Gasteiger partial charge >= 0.3 is 5.69 Å². The number of hydrogen-bond donors (Lipinski definition) is 2. The van der Waals surface area contributed by atoms with Gasteiger partial charge in [-0.1, -0.05) is 12.8 Å². The summed E-state index contributed by atoms with van der Waals surface area (Å²) in [6, 6.07) is 0.176. The second-order valence-electron chi connectivity index (χ2n) is 4.94. The highest BCUT2D eigenvalue weighted by Gasteiger charge is 2.25. The highest BCUT2D eigenvalue weighted by Crippen LogP contribution is 2.34. The molecular formula is C12H19N5O2. The summed E-state index contributed by atoms with van der Waals surface area (Å²) in [5.41, 5.74) is -0.0794. The summed E-state index contributed by atoms with van der Waals surface area (Å²) >= 11 is 0. The van der Waals surface area contributed by atoms with Gasteiger partial charge in [0.15, 0.2) is 0 Å². The zero-order valence-electron chi connectivity index (χ0n) is 11.2. The Kier molecular flexibility index (Phi) is 4.13. The Morgan fingerprint density at radius 3 is 2.89 bits per heavy atom. The van der Waals surface area contributed by atoms with Crippen LogP contribution in [0.3, 0.4) is 0 Å². The highest BCUT2D eigenvalue weighted by molar-refractivity contribution is 5.57. The molecule has 1 unspecified atom stereocenters. The van der Waals surface area contributed by atoms with Crippen molar-refractivity contribution >= 4 is 17.5 Å². The van der Waals surface area contributed by atoms with Crippen LogP contribution in [-0.2, 0) is 0 Å². The fourth-order valence-corrected chi connectivity index (χ4v) is 2.00. The van der Waals surface area contributed by atoms with Crippen LogP contribution in [0.5, 0.6) is 0 Å². The summed E-state index contributed by atoms with van der Waals surface area (Å²) < 4.78 is 0. The molecule has 0 spiro atoms. The number of aromatic nitrogens is 2. The van der Waals surface area contributed by atoms with Crippen LogP contribution in [-0.4, -0.2) is 27.5 Å².